The molecule has 1 aromatic rings. The van der Waals surface area contributed by atoms with Gasteiger partial charge in [0.25, 0.3) is 0 Å². The van der Waals surface area contributed by atoms with Crippen LogP contribution in [0, 0.1) is 5.41 Å². The minimum absolute atomic E-state index is 0.0505. The van der Waals surface area contributed by atoms with Gasteiger partial charge in [-0.15, -0.1) is 0 Å². The number of hydrogen-bond acceptors (Lipinski definition) is 1. The average Bonchev–Trinajstić information content (AvgIpc) is 2.74. The van der Waals surface area contributed by atoms with Crippen molar-refractivity contribution in [3.05, 3.63) is 36.2 Å². The Labute approximate surface area is 109 Å². The fraction of sp³-hybridized carbons (Fsp3) is 0.533. The van der Waals surface area contributed by atoms with Crippen LogP contribution in [-0.4, -0.2) is 21.9 Å². The first-order valence-corrected chi connectivity index (χ1v) is 6.53. The topological polar surface area (TPSA) is 25.2 Å². The van der Waals surface area contributed by atoms with Crippen molar-refractivity contribution in [2.24, 2.45) is 5.41 Å². The zero-order valence-corrected chi connectivity index (χ0v) is 11.7. The van der Waals surface area contributed by atoms with Gasteiger partial charge in [0.1, 0.15) is 0 Å². The minimum Gasteiger partial charge on any atom is -0.348 e. The second kappa shape index (κ2) is 4.63. The van der Waals surface area contributed by atoms with Crippen LogP contribution in [0.1, 0.15) is 39.4 Å². The zero-order valence-electron chi connectivity index (χ0n) is 11.7. The van der Waals surface area contributed by atoms with Crippen LogP contribution in [-0.2, 0) is 11.3 Å². The Bertz CT molecular complexity index is 465. The van der Waals surface area contributed by atoms with Crippen LogP contribution < -0.4 is 0 Å². The SMILES string of the molecule is CC1c2cccn2CCN1C(=O)C=CC(C)(C)C. The Morgan fingerprint density at radius 3 is 2.78 bits per heavy atom. The van der Waals surface area contributed by atoms with Crippen LogP contribution in [0.25, 0.3) is 0 Å². The summed E-state index contributed by atoms with van der Waals surface area (Å²) >= 11 is 0. The van der Waals surface area contributed by atoms with E-state index in [0.29, 0.717) is 0 Å². The summed E-state index contributed by atoms with van der Waals surface area (Å²) in [5.74, 6) is 0.116. The first-order chi connectivity index (χ1) is 8.38. The molecule has 0 N–H and O–H groups in total. The van der Waals surface area contributed by atoms with Gasteiger partial charge in [0, 0.05) is 25.0 Å². The molecule has 18 heavy (non-hydrogen) atoms. The number of hydrogen-bond donors (Lipinski definition) is 0. The van der Waals surface area contributed by atoms with Crippen molar-refractivity contribution in [3.63, 3.8) is 0 Å². The largest absolute Gasteiger partial charge is 0.348 e. The Kier molecular flexibility index (Phi) is 3.33. The molecule has 1 aliphatic heterocycles. The molecule has 0 aromatic carbocycles. The molecule has 0 saturated carbocycles. The summed E-state index contributed by atoms with van der Waals surface area (Å²) in [5, 5.41) is 0. The molecule has 3 heteroatoms. The standard InChI is InChI=1S/C15H22N2O/c1-12-13-6-5-9-16(13)10-11-17(12)14(18)7-8-15(2,3)4/h5-9,12H,10-11H2,1-4H3. The highest BCUT2D eigenvalue weighted by molar-refractivity contribution is 5.88. The molecule has 1 unspecified atom stereocenters. The van der Waals surface area contributed by atoms with E-state index in [4.69, 9.17) is 0 Å². The summed E-state index contributed by atoms with van der Waals surface area (Å²) in [4.78, 5) is 14.2. The number of carbonyl (C=O) groups excluding carboxylic acids is 1. The normalized spacial score (nSPS) is 20.2. The molecular weight excluding hydrogens is 224 g/mol. The van der Waals surface area contributed by atoms with Crippen molar-refractivity contribution < 1.29 is 4.79 Å². The van der Waals surface area contributed by atoms with Gasteiger partial charge in [-0.2, -0.15) is 0 Å². The van der Waals surface area contributed by atoms with Gasteiger partial charge in [-0.25, -0.2) is 0 Å². The van der Waals surface area contributed by atoms with Crippen molar-refractivity contribution >= 4 is 5.91 Å². The van der Waals surface area contributed by atoms with E-state index in [1.165, 1.54) is 5.69 Å². The Morgan fingerprint density at radius 1 is 1.39 bits per heavy atom. The maximum absolute atomic E-state index is 12.2. The lowest BCUT2D eigenvalue weighted by Gasteiger charge is -2.34. The number of carbonyl (C=O) groups is 1. The molecule has 0 aliphatic carbocycles. The third kappa shape index (κ3) is 2.66. The molecule has 0 spiro atoms. The quantitative estimate of drug-likeness (QED) is 0.699. The van der Waals surface area contributed by atoms with Gasteiger partial charge < -0.3 is 9.47 Å². The van der Waals surface area contributed by atoms with Gasteiger partial charge in [0.05, 0.1) is 6.04 Å². The smallest absolute Gasteiger partial charge is 0.246 e. The van der Waals surface area contributed by atoms with E-state index in [1.54, 1.807) is 6.08 Å². The molecular formula is C15H22N2O. The molecule has 1 atom stereocenters. The fourth-order valence-electron chi connectivity index (χ4n) is 2.30. The second-order valence-corrected chi connectivity index (χ2v) is 6.03. The molecule has 2 rings (SSSR count). The fourth-order valence-corrected chi connectivity index (χ4v) is 2.30. The molecule has 98 valence electrons. The van der Waals surface area contributed by atoms with Crippen LogP contribution >= 0.6 is 0 Å². The highest BCUT2D eigenvalue weighted by Gasteiger charge is 2.26. The van der Waals surface area contributed by atoms with Gasteiger partial charge in [-0.1, -0.05) is 26.8 Å². The highest BCUT2D eigenvalue weighted by Crippen LogP contribution is 2.25. The Balaban J connectivity index is 2.12. The van der Waals surface area contributed by atoms with Crippen molar-refractivity contribution in [2.45, 2.75) is 40.3 Å². The van der Waals surface area contributed by atoms with Crippen LogP contribution in [0.15, 0.2) is 30.5 Å². The number of allylic oxidation sites excluding steroid dienone is 1. The van der Waals surface area contributed by atoms with Crippen LogP contribution in [0.2, 0.25) is 0 Å². The zero-order chi connectivity index (χ0) is 13.3. The van der Waals surface area contributed by atoms with Crippen LogP contribution in [0.4, 0.5) is 0 Å². The minimum atomic E-state index is 0.0505. The molecule has 0 bridgehead atoms. The summed E-state index contributed by atoms with van der Waals surface area (Å²) in [5.41, 5.74) is 1.27. The molecule has 0 saturated heterocycles. The molecule has 2 heterocycles. The molecule has 1 aliphatic rings. The van der Waals surface area contributed by atoms with E-state index in [2.05, 4.69) is 44.5 Å². The molecule has 0 fully saturated rings. The third-order valence-corrected chi connectivity index (χ3v) is 3.35. The lowest BCUT2D eigenvalue weighted by Crippen LogP contribution is -2.39. The first kappa shape index (κ1) is 12.9. The van der Waals surface area contributed by atoms with E-state index in [-0.39, 0.29) is 17.4 Å². The third-order valence-electron chi connectivity index (χ3n) is 3.35. The number of rotatable bonds is 1. The van der Waals surface area contributed by atoms with Gasteiger partial charge in [0.2, 0.25) is 5.91 Å². The van der Waals surface area contributed by atoms with E-state index in [1.807, 2.05) is 17.0 Å². The number of amides is 1. The summed E-state index contributed by atoms with van der Waals surface area (Å²) in [6.45, 7) is 10.1. The Hall–Kier alpha value is -1.51. The summed E-state index contributed by atoms with van der Waals surface area (Å²) in [6, 6.07) is 4.30. The van der Waals surface area contributed by atoms with E-state index >= 15 is 0 Å². The van der Waals surface area contributed by atoms with Gasteiger partial charge in [0.15, 0.2) is 0 Å². The molecule has 1 amide bonds. The molecule has 3 nitrogen and oxygen atoms in total. The molecule has 0 radical (unpaired) electrons. The number of fused-ring (bicyclic) bond motifs is 1. The van der Waals surface area contributed by atoms with E-state index < -0.39 is 0 Å². The Morgan fingerprint density at radius 2 is 2.11 bits per heavy atom. The number of nitrogens with zero attached hydrogens (tertiary/aromatic N) is 2. The van der Waals surface area contributed by atoms with Crippen LogP contribution in [0.5, 0.6) is 0 Å². The van der Waals surface area contributed by atoms with Gasteiger partial charge in [-0.3, -0.25) is 4.79 Å². The predicted octanol–water partition coefficient (Wildman–Crippen LogP) is 2.99. The lowest BCUT2D eigenvalue weighted by molar-refractivity contribution is -0.129. The van der Waals surface area contributed by atoms with Crippen LogP contribution in [0.3, 0.4) is 0 Å². The van der Waals surface area contributed by atoms with Crippen molar-refractivity contribution in [2.75, 3.05) is 6.54 Å². The summed E-state index contributed by atoms with van der Waals surface area (Å²) in [6.07, 6.45) is 5.78. The van der Waals surface area contributed by atoms with E-state index in [9.17, 15) is 4.79 Å². The van der Waals surface area contributed by atoms with Crippen molar-refractivity contribution in [1.29, 1.82) is 0 Å². The number of aromatic nitrogens is 1. The van der Waals surface area contributed by atoms with Gasteiger partial charge in [-0.05, 0) is 30.5 Å². The summed E-state index contributed by atoms with van der Waals surface area (Å²) < 4.78 is 2.22. The monoisotopic (exact) mass is 246 g/mol. The first-order valence-electron chi connectivity index (χ1n) is 6.53. The van der Waals surface area contributed by atoms with Gasteiger partial charge >= 0.3 is 0 Å². The van der Waals surface area contributed by atoms with Crippen molar-refractivity contribution in [3.8, 4) is 0 Å². The molecule has 1 aromatic heterocycles. The summed E-state index contributed by atoms with van der Waals surface area (Å²) in [7, 11) is 0. The lowest BCUT2D eigenvalue weighted by atomic mass is 9.96. The second-order valence-electron chi connectivity index (χ2n) is 6.03. The maximum Gasteiger partial charge on any atom is 0.246 e. The van der Waals surface area contributed by atoms with Crippen molar-refractivity contribution in [1.82, 2.24) is 9.47 Å². The maximum atomic E-state index is 12.2. The predicted molar refractivity (Wildman–Crippen MR) is 73.2 cm³/mol. The van der Waals surface area contributed by atoms with E-state index in [0.717, 1.165) is 13.1 Å². The average molecular weight is 246 g/mol. The highest BCUT2D eigenvalue weighted by atomic mass is 16.2.